The van der Waals surface area contributed by atoms with Crippen LogP contribution < -0.4 is 31.3 Å². The van der Waals surface area contributed by atoms with Gasteiger partial charge in [0, 0.05) is 70.8 Å². The monoisotopic (exact) mass is 1380 g/mol. The SMILES string of the molecule is CC[C@H](C)[C@@H]([C@@H](CC(=O)N1CCC[C@H]1[C@H](OC)[C@@H](C)C(=O)N[C@@H](Cc1ccccc1)C(=O)O)OC)N(C)C(=O)[C@@H](NC(=O)[C@H](C(C)C)[N+](C)(C)Cc1ccc(O[C@@H]2O[C@H](C(=O)O)[C@@H](O)[C@H](O)[C@H]2O)c(NC(=O)CCNC(=O)[C@H](CNC(=O)OC(C)(C)C)N2C(=O)C=CC2=O)c1)C(C)C. The van der Waals surface area contributed by atoms with Crippen LogP contribution >= 0.6 is 0 Å². The van der Waals surface area contributed by atoms with Crippen molar-refractivity contribution in [1.29, 1.82) is 0 Å². The van der Waals surface area contributed by atoms with Crippen LogP contribution in [0.3, 0.4) is 0 Å². The van der Waals surface area contributed by atoms with Gasteiger partial charge < -0.3 is 90.1 Å². The molecule has 0 unspecified atom stereocenters. The number of nitrogens with zero attached hydrogens (tertiary/aromatic N) is 4. The van der Waals surface area contributed by atoms with Crippen LogP contribution in [0.15, 0.2) is 60.7 Å². The Hall–Kier alpha value is -8.13. The minimum Gasteiger partial charge on any atom is -0.480 e. The minimum absolute atomic E-state index is 0.0560. The highest BCUT2D eigenvalue weighted by atomic mass is 16.7. The van der Waals surface area contributed by atoms with Crippen molar-refractivity contribution in [2.24, 2.45) is 23.7 Å². The average molecular weight is 1380 g/mol. The van der Waals surface area contributed by atoms with Crippen LogP contribution in [0.4, 0.5) is 10.5 Å². The second-order valence-corrected chi connectivity index (χ2v) is 27.6. The molecular weight excluding hydrogens is 1280 g/mol. The number of ether oxygens (including phenoxy) is 5. The summed E-state index contributed by atoms with van der Waals surface area (Å²) in [4.78, 5) is 152. The largest absolute Gasteiger partial charge is 0.480 e. The third-order valence-corrected chi connectivity index (χ3v) is 18.0. The summed E-state index contributed by atoms with van der Waals surface area (Å²) in [6, 6.07) is 7.31. The number of imide groups is 1. The van der Waals surface area contributed by atoms with E-state index >= 15 is 4.79 Å². The summed E-state index contributed by atoms with van der Waals surface area (Å²) in [5.41, 5.74) is 0.166. The smallest absolute Gasteiger partial charge is 0.407 e. The first-order valence-corrected chi connectivity index (χ1v) is 33.0. The van der Waals surface area contributed by atoms with Crippen molar-refractivity contribution in [2.75, 3.05) is 60.3 Å². The Balaban J connectivity index is 1.35. The molecule has 2 aromatic rings. The molecule has 544 valence electrons. The van der Waals surface area contributed by atoms with Crippen LogP contribution in [-0.2, 0) is 79.9 Å². The molecule has 5 rings (SSSR count). The van der Waals surface area contributed by atoms with E-state index in [4.69, 9.17) is 23.7 Å². The molecule has 3 aliphatic rings. The zero-order valence-corrected chi connectivity index (χ0v) is 58.7. The van der Waals surface area contributed by atoms with E-state index in [1.807, 2.05) is 27.7 Å². The fourth-order valence-corrected chi connectivity index (χ4v) is 12.9. The summed E-state index contributed by atoms with van der Waals surface area (Å²) in [6.07, 6.45) is -9.67. The van der Waals surface area contributed by atoms with Gasteiger partial charge in [0.2, 0.25) is 35.8 Å². The number of aliphatic carboxylic acids is 2. The van der Waals surface area contributed by atoms with Gasteiger partial charge in [-0.3, -0.25) is 43.3 Å². The third-order valence-electron chi connectivity index (χ3n) is 18.0. The maximum absolute atomic E-state index is 15.1. The molecule has 0 radical (unpaired) electrons. The van der Waals surface area contributed by atoms with E-state index in [1.54, 1.807) is 104 Å². The maximum Gasteiger partial charge on any atom is 0.407 e. The molecule has 2 saturated heterocycles. The number of likely N-dealkylation sites (N-methyl/N-ethyl adjacent to an activating group) is 2. The van der Waals surface area contributed by atoms with E-state index in [1.165, 1.54) is 31.3 Å². The van der Waals surface area contributed by atoms with E-state index in [9.17, 15) is 73.5 Å². The summed E-state index contributed by atoms with van der Waals surface area (Å²) >= 11 is 0. The van der Waals surface area contributed by atoms with Crippen molar-refractivity contribution >= 4 is 71.0 Å². The minimum atomic E-state index is -2.06. The highest BCUT2D eigenvalue weighted by Crippen LogP contribution is 2.34. The number of rotatable bonds is 34. The van der Waals surface area contributed by atoms with Gasteiger partial charge in [0.25, 0.3) is 17.7 Å². The van der Waals surface area contributed by atoms with E-state index < -0.39 is 175 Å². The number of alkyl carbamates (subject to hydrolysis) is 1. The number of carbonyl (C=O) groups is 11. The molecule has 2 fully saturated rings. The quantitative estimate of drug-likeness (QED) is 0.0352. The first kappa shape index (κ1) is 80.6. The van der Waals surface area contributed by atoms with Crippen molar-refractivity contribution in [3.05, 3.63) is 71.8 Å². The predicted molar refractivity (Wildman–Crippen MR) is 354 cm³/mol. The summed E-state index contributed by atoms with van der Waals surface area (Å²) < 4.78 is 28.5. The Kier molecular flexibility index (Phi) is 29.2. The molecule has 9 amide bonds. The summed E-state index contributed by atoms with van der Waals surface area (Å²) in [6.45, 7) is 17.1. The zero-order valence-electron chi connectivity index (χ0n) is 58.7. The van der Waals surface area contributed by atoms with Crippen LogP contribution in [0.1, 0.15) is 112 Å². The van der Waals surface area contributed by atoms with E-state index in [2.05, 4.69) is 26.6 Å². The molecule has 30 heteroatoms. The molecule has 15 atom stereocenters. The van der Waals surface area contributed by atoms with Crippen molar-refractivity contribution in [1.82, 2.24) is 36.0 Å². The first-order chi connectivity index (χ1) is 45.9. The summed E-state index contributed by atoms with van der Waals surface area (Å²) in [5.74, 6) is -10.2. The second kappa shape index (κ2) is 35.6. The molecule has 98 heavy (non-hydrogen) atoms. The molecule has 0 bridgehead atoms. The normalized spacial score (nSPS) is 21.6. The van der Waals surface area contributed by atoms with Crippen molar-refractivity contribution in [3.63, 3.8) is 0 Å². The number of methoxy groups -OCH3 is 2. The first-order valence-electron chi connectivity index (χ1n) is 33.0. The maximum atomic E-state index is 15.1. The van der Waals surface area contributed by atoms with Gasteiger partial charge in [-0.1, -0.05) is 85.2 Å². The average Bonchev–Trinajstić information content (AvgIpc) is 0.973. The topological polar surface area (TPSA) is 405 Å². The van der Waals surface area contributed by atoms with Crippen molar-refractivity contribution < 1.29 is 106 Å². The number of amides is 9. The third kappa shape index (κ3) is 21.2. The number of quaternary nitrogens is 1. The zero-order chi connectivity index (χ0) is 73.4. The molecular formula is C68H102N9O21+. The number of hydrogen-bond acceptors (Lipinski definition) is 19. The number of benzene rings is 2. The van der Waals surface area contributed by atoms with Gasteiger partial charge in [0.05, 0.1) is 63.0 Å². The highest BCUT2D eigenvalue weighted by Gasteiger charge is 2.50. The molecule has 0 aromatic heterocycles. The summed E-state index contributed by atoms with van der Waals surface area (Å²) in [5, 5.41) is 65.1. The van der Waals surface area contributed by atoms with E-state index in [0.717, 1.165) is 17.7 Å². The van der Waals surface area contributed by atoms with Crippen LogP contribution in [0, 0.1) is 23.7 Å². The Bertz CT molecular complexity index is 3160. The van der Waals surface area contributed by atoms with Crippen molar-refractivity contribution in [2.45, 2.75) is 199 Å². The number of carbonyl (C=O) groups excluding carboxylic acids is 9. The van der Waals surface area contributed by atoms with Gasteiger partial charge in [-0.25, -0.2) is 14.4 Å². The lowest BCUT2D eigenvalue weighted by Crippen LogP contribution is -2.63. The van der Waals surface area contributed by atoms with Crippen LogP contribution in [0.5, 0.6) is 5.75 Å². The molecule has 0 aliphatic carbocycles. The lowest BCUT2D eigenvalue weighted by atomic mass is 9.89. The van der Waals surface area contributed by atoms with Crippen LogP contribution in [-0.4, -0.2) is 250 Å². The van der Waals surface area contributed by atoms with Gasteiger partial charge in [-0.2, -0.15) is 0 Å². The van der Waals surface area contributed by atoms with Crippen LogP contribution in [0.25, 0.3) is 0 Å². The van der Waals surface area contributed by atoms with E-state index in [-0.39, 0.29) is 53.0 Å². The van der Waals surface area contributed by atoms with Gasteiger partial charge >= 0.3 is 18.0 Å². The number of carboxylic acids is 2. The molecule has 10 N–H and O–H groups in total. The van der Waals surface area contributed by atoms with Gasteiger partial charge in [-0.05, 0) is 69.2 Å². The lowest BCUT2D eigenvalue weighted by molar-refractivity contribution is -0.922. The Morgan fingerprint density at radius 3 is 2.00 bits per heavy atom. The number of carboxylic acid groups (broad SMARTS) is 2. The molecule has 3 aliphatic heterocycles. The van der Waals surface area contributed by atoms with Crippen LogP contribution in [0.2, 0.25) is 0 Å². The Morgan fingerprint density at radius 1 is 0.796 bits per heavy atom. The number of nitrogens with one attached hydrogen (secondary N) is 5. The summed E-state index contributed by atoms with van der Waals surface area (Å²) in [7, 11) is 8.08. The number of hydrogen-bond donors (Lipinski definition) is 10. The predicted octanol–water partition coefficient (Wildman–Crippen LogP) is 1.69. The number of aliphatic hydroxyl groups excluding tert-OH is 3. The fourth-order valence-electron chi connectivity index (χ4n) is 12.9. The van der Waals surface area contributed by atoms with E-state index in [0.29, 0.717) is 36.3 Å². The Morgan fingerprint density at radius 2 is 1.44 bits per heavy atom. The number of anilines is 1. The lowest BCUT2D eigenvalue weighted by Gasteiger charge is -2.42. The Labute approximate surface area is 572 Å². The molecule has 2 aromatic carbocycles. The standard InChI is InChI=1S/C68H101N9O21/c1-16-38(6)53(47(94-14)33-51(81)75-30-20-23-44(75)58(95-15)39(7)60(85)72-43(64(89)90)31-40-21-18-17-19-22-40)74(11)63(88)52(36(2)3)73-62(87)54(37(4)5)77(12,13)35-41-24-25-46(96-66-57(84)55(82)56(83)59(97-66)65(91)92)42(32-41)71-48(78)28-29-69-61(86)45(76-49(79)26-27-50(76)80)34-70-67(93)98-68(8,9)10/h17-19,21-22,24-27,32,36-39,43-45,47,52-59,66,82-84H,16,20,23,28-31,33-35H2,1-15H3,(H6-,69,70,71,72,73,78,85,86,87,89,90,91,92,93)/p+1/t38-,39+,43-,44-,45-,47+,52-,53-,54-,55-,56-,57+,58+,59-,66+/m0/s1. The fraction of sp³-hybridized carbons (Fsp3) is 0.632. The van der Waals surface area contributed by atoms with Gasteiger partial charge in [0.1, 0.15) is 54.3 Å². The second-order valence-electron chi connectivity index (χ2n) is 27.6. The number of likely N-dealkylation sites (tertiary alicyclic amines) is 1. The number of aliphatic hydroxyl groups is 3. The van der Waals surface area contributed by atoms with Gasteiger partial charge in [-0.15, -0.1) is 0 Å². The highest BCUT2D eigenvalue weighted by molar-refractivity contribution is 6.15. The molecule has 0 spiro atoms. The van der Waals surface area contributed by atoms with Gasteiger partial charge in [0.15, 0.2) is 12.1 Å². The molecule has 3 heterocycles. The van der Waals surface area contributed by atoms with Crippen molar-refractivity contribution in [3.8, 4) is 5.75 Å². The molecule has 30 nitrogen and oxygen atoms in total. The molecule has 0 saturated carbocycles.